The van der Waals surface area contributed by atoms with Crippen LogP contribution in [0.4, 0.5) is 17.6 Å². The van der Waals surface area contributed by atoms with Crippen molar-refractivity contribution < 1.29 is 23.8 Å². The first kappa shape index (κ1) is 23.9. The first-order valence-electron chi connectivity index (χ1n) is 11.5. The largest absolute Gasteiger partial charge is 0.493 e. The summed E-state index contributed by atoms with van der Waals surface area (Å²) in [6, 6.07) is 6.63. The molecule has 4 aromatic rings. The van der Waals surface area contributed by atoms with Gasteiger partial charge in [-0.05, 0) is 31.0 Å². The summed E-state index contributed by atoms with van der Waals surface area (Å²) in [7, 11) is 4.24. The van der Waals surface area contributed by atoms with Gasteiger partial charge in [-0.3, -0.25) is 4.79 Å². The van der Waals surface area contributed by atoms with Crippen LogP contribution in [0, 0.1) is 0 Å². The molecule has 1 fully saturated rings. The van der Waals surface area contributed by atoms with Crippen LogP contribution in [0.2, 0.25) is 0 Å². The number of nitrogens with two attached hydrogens (primary N) is 1. The topological polar surface area (TPSA) is 151 Å². The second kappa shape index (κ2) is 9.68. The normalized spacial score (nSPS) is 15.1. The summed E-state index contributed by atoms with van der Waals surface area (Å²) in [5.74, 6) is 1.09. The van der Waals surface area contributed by atoms with Crippen LogP contribution >= 0.6 is 0 Å². The van der Waals surface area contributed by atoms with Crippen molar-refractivity contribution in [2.75, 3.05) is 38.1 Å². The number of aromatic nitrogens is 5. The number of nitrogens with zero attached hydrogens (tertiary/aromatic N) is 6. The quantitative estimate of drug-likeness (QED) is 0.339. The van der Waals surface area contributed by atoms with Crippen molar-refractivity contribution in [1.29, 1.82) is 0 Å². The minimum Gasteiger partial charge on any atom is -0.493 e. The van der Waals surface area contributed by atoms with Crippen molar-refractivity contribution in [3.63, 3.8) is 0 Å². The van der Waals surface area contributed by atoms with E-state index in [1.807, 2.05) is 17.0 Å². The summed E-state index contributed by atoms with van der Waals surface area (Å²) >= 11 is 0. The highest BCUT2D eigenvalue weighted by Crippen LogP contribution is 2.35. The number of carbonyl (C=O) groups is 2. The van der Waals surface area contributed by atoms with Crippen molar-refractivity contribution in [1.82, 2.24) is 24.1 Å². The van der Waals surface area contributed by atoms with E-state index < -0.39 is 17.9 Å². The molecule has 13 nitrogen and oxygen atoms in total. The molecule has 0 saturated carbocycles. The van der Waals surface area contributed by atoms with Gasteiger partial charge >= 0.3 is 5.97 Å². The third-order valence-corrected chi connectivity index (χ3v) is 6.21. The standard InChI is InChI=1S/C24H26N8O5/c1-35-18-11-14(10-15(20(18)36-2)23(34)37-3)30-12-19(26-13-30)27-22-17-7-5-9-32(17)29-24(28-22)31-8-4-6-16(31)21(25)33/h5,7,9-13,16H,4,6,8H2,1-3H3,(H2,25,33)(H,27,28,29). The third kappa shape index (κ3) is 4.35. The Bertz CT molecular complexity index is 1480. The summed E-state index contributed by atoms with van der Waals surface area (Å²) in [6.45, 7) is 0.635. The Morgan fingerprint density at radius 1 is 1.19 bits per heavy atom. The van der Waals surface area contributed by atoms with Crippen molar-refractivity contribution in [2.45, 2.75) is 18.9 Å². The Labute approximate surface area is 211 Å². The van der Waals surface area contributed by atoms with Gasteiger partial charge in [-0.2, -0.15) is 4.98 Å². The fourth-order valence-electron chi connectivity index (χ4n) is 4.45. The molecule has 1 atom stereocenters. The molecule has 0 bridgehead atoms. The van der Waals surface area contributed by atoms with Crippen molar-refractivity contribution in [3.05, 3.63) is 48.5 Å². The van der Waals surface area contributed by atoms with E-state index in [4.69, 9.17) is 24.9 Å². The number of primary amides is 1. The van der Waals surface area contributed by atoms with Gasteiger partial charge in [0.1, 0.15) is 29.3 Å². The minimum absolute atomic E-state index is 0.215. The monoisotopic (exact) mass is 506 g/mol. The van der Waals surface area contributed by atoms with Gasteiger partial charge in [-0.25, -0.2) is 14.3 Å². The number of methoxy groups -OCH3 is 3. The zero-order valence-corrected chi connectivity index (χ0v) is 20.5. The van der Waals surface area contributed by atoms with Crippen molar-refractivity contribution in [2.24, 2.45) is 5.73 Å². The fraction of sp³-hybridized carbons (Fsp3) is 0.292. The molecule has 1 aliphatic heterocycles. The first-order valence-corrected chi connectivity index (χ1v) is 11.5. The van der Waals surface area contributed by atoms with Crippen molar-refractivity contribution in [3.8, 4) is 17.2 Å². The highest BCUT2D eigenvalue weighted by Gasteiger charge is 2.31. The number of benzene rings is 1. The Balaban J connectivity index is 1.49. The predicted octanol–water partition coefficient (Wildman–Crippen LogP) is 1.92. The van der Waals surface area contributed by atoms with Gasteiger partial charge in [0, 0.05) is 18.8 Å². The maximum Gasteiger partial charge on any atom is 0.341 e. The molecule has 0 radical (unpaired) electrons. The molecule has 3 N–H and O–H groups in total. The number of imidazole rings is 1. The Hall–Kier alpha value is -4.81. The van der Waals surface area contributed by atoms with E-state index >= 15 is 0 Å². The van der Waals surface area contributed by atoms with Crippen LogP contribution in [0.25, 0.3) is 11.2 Å². The number of nitrogens with one attached hydrogen (secondary N) is 1. The number of anilines is 3. The van der Waals surface area contributed by atoms with E-state index in [9.17, 15) is 9.59 Å². The van der Waals surface area contributed by atoms with Crippen LogP contribution in [0.1, 0.15) is 23.2 Å². The minimum atomic E-state index is -0.559. The van der Waals surface area contributed by atoms with Gasteiger partial charge in [0.15, 0.2) is 17.3 Å². The van der Waals surface area contributed by atoms with Crippen molar-refractivity contribution >= 4 is 35.0 Å². The fourth-order valence-corrected chi connectivity index (χ4v) is 4.45. The van der Waals surface area contributed by atoms with Gasteiger partial charge in [0.05, 0.1) is 33.2 Å². The molecule has 13 heteroatoms. The zero-order chi connectivity index (χ0) is 26.1. The molecule has 1 unspecified atom stereocenters. The number of ether oxygens (including phenoxy) is 3. The SMILES string of the molecule is COC(=O)c1cc(-n2cnc(Nc3nc(N4CCCC4C(N)=O)nn4cccc34)c2)cc(OC)c1OC. The molecule has 3 aromatic heterocycles. The number of carbonyl (C=O) groups excluding carboxylic acids is 2. The lowest BCUT2D eigenvalue weighted by Gasteiger charge is -2.22. The van der Waals surface area contributed by atoms with Crippen LogP contribution < -0.4 is 25.4 Å². The van der Waals surface area contributed by atoms with E-state index in [1.165, 1.54) is 21.3 Å². The van der Waals surface area contributed by atoms with Gasteiger partial charge in [-0.1, -0.05) is 0 Å². The van der Waals surface area contributed by atoms with Gasteiger partial charge in [0.2, 0.25) is 11.9 Å². The van der Waals surface area contributed by atoms with E-state index in [0.29, 0.717) is 42.0 Å². The summed E-state index contributed by atoms with van der Waals surface area (Å²) < 4.78 is 19.1. The Morgan fingerprint density at radius 3 is 2.76 bits per heavy atom. The number of fused-ring (bicyclic) bond motifs is 1. The lowest BCUT2D eigenvalue weighted by atomic mass is 10.1. The van der Waals surface area contributed by atoms with Crippen LogP contribution in [0.5, 0.6) is 11.5 Å². The second-order valence-electron chi connectivity index (χ2n) is 8.36. The lowest BCUT2D eigenvalue weighted by molar-refractivity contribution is -0.119. The second-order valence-corrected chi connectivity index (χ2v) is 8.36. The molecule has 192 valence electrons. The summed E-state index contributed by atoms with van der Waals surface area (Å²) in [5, 5.41) is 7.80. The lowest BCUT2D eigenvalue weighted by Crippen LogP contribution is -2.41. The molecule has 4 heterocycles. The Kier molecular flexibility index (Phi) is 6.26. The van der Waals surface area contributed by atoms with Crippen LogP contribution in [-0.4, -0.2) is 69.9 Å². The maximum absolute atomic E-state index is 12.4. The van der Waals surface area contributed by atoms with Crippen LogP contribution in [0.15, 0.2) is 43.0 Å². The molecular formula is C24H26N8O5. The number of amides is 1. The summed E-state index contributed by atoms with van der Waals surface area (Å²) in [5.41, 5.74) is 7.15. The summed E-state index contributed by atoms with van der Waals surface area (Å²) in [6.07, 6.45) is 6.62. The molecule has 5 rings (SSSR count). The highest BCUT2D eigenvalue weighted by molar-refractivity contribution is 5.94. The third-order valence-electron chi connectivity index (χ3n) is 6.21. The highest BCUT2D eigenvalue weighted by atomic mass is 16.5. The number of esters is 1. The van der Waals surface area contributed by atoms with Gasteiger partial charge < -0.3 is 34.7 Å². The molecule has 1 amide bonds. The number of rotatable bonds is 8. The average Bonchev–Trinajstić information content (AvgIpc) is 3.68. The number of hydrogen-bond acceptors (Lipinski definition) is 10. The average molecular weight is 507 g/mol. The smallest absolute Gasteiger partial charge is 0.341 e. The van der Waals surface area contributed by atoms with E-state index in [-0.39, 0.29) is 11.3 Å². The molecule has 0 aliphatic carbocycles. The van der Waals surface area contributed by atoms with Gasteiger partial charge in [-0.15, -0.1) is 5.10 Å². The summed E-state index contributed by atoms with van der Waals surface area (Å²) in [4.78, 5) is 35.2. The molecule has 1 aliphatic rings. The van der Waals surface area contributed by atoms with E-state index in [2.05, 4.69) is 15.4 Å². The zero-order valence-electron chi connectivity index (χ0n) is 20.5. The maximum atomic E-state index is 12.4. The van der Waals surface area contributed by atoms with Crippen LogP contribution in [0.3, 0.4) is 0 Å². The number of hydrogen-bond donors (Lipinski definition) is 2. The van der Waals surface area contributed by atoms with E-state index in [0.717, 1.165) is 11.9 Å². The molecular weight excluding hydrogens is 480 g/mol. The van der Waals surface area contributed by atoms with E-state index in [1.54, 1.807) is 39.9 Å². The molecule has 0 spiro atoms. The Morgan fingerprint density at radius 2 is 2.03 bits per heavy atom. The predicted molar refractivity (Wildman–Crippen MR) is 134 cm³/mol. The van der Waals surface area contributed by atoms with Crippen LogP contribution in [-0.2, 0) is 9.53 Å². The molecule has 1 aromatic carbocycles. The first-order chi connectivity index (χ1) is 17.9. The molecule has 37 heavy (non-hydrogen) atoms. The van der Waals surface area contributed by atoms with Gasteiger partial charge in [0.25, 0.3) is 0 Å². The molecule has 1 saturated heterocycles.